The molecule has 0 bridgehead atoms. The fourth-order valence-electron chi connectivity index (χ4n) is 4.66. The van der Waals surface area contributed by atoms with Crippen LogP contribution in [0, 0.1) is 11.3 Å². The molecule has 21 heavy (non-hydrogen) atoms. The van der Waals surface area contributed by atoms with E-state index in [1.54, 1.807) is 0 Å². The van der Waals surface area contributed by atoms with Crippen LogP contribution in [-0.2, 0) is 4.74 Å². The van der Waals surface area contributed by atoms with Crippen LogP contribution in [0.2, 0.25) is 0 Å². The van der Waals surface area contributed by atoms with Crippen molar-refractivity contribution in [2.24, 2.45) is 17.1 Å². The summed E-state index contributed by atoms with van der Waals surface area (Å²) < 4.78 is 5.86. The highest BCUT2D eigenvalue weighted by molar-refractivity contribution is 5.02. The van der Waals surface area contributed by atoms with Crippen molar-refractivity contribution >= 4 is 0 Å². The Morgan fingerprint density at radius 3 is 2.48 bits per heavy atom. The van der Waals surface area contributed by atoms with Gasteiger partial charge in [0.2, 0.25) is 0 Å². The summed E-state index contributed by atoms with van der Waals surface area (Å²) in [5.74, 6) is 0.835. The number of hydrogen-bond acceptors (Lipinski definition) is 3. The number of nitrogens with zero attached hydrogens (tertiary/aromatic N) is 1. The Labute approximate surface area is 131 Å². The van der Waals surface area contributed by atoms with Crippen LogP contribution in [0.15, 0.2) is 0 Å². The van der Waals surface area contributed by atoms with E-state index in [4.69, 9.17) is 10.5 Å². The van der Waals surface area contributed by atoms with E-state index in [-0.39, 0.29) is 5.54 Å². The van der Waals surface area contributed by atoms with Gasteiger partial charge in [-0.15, -0.1) is 0 Å². The topological polar surface area (TPSA) is 38.5 Å². The first-order chi connectivity index (χ1) is 9.94. The Hall–Kier alpha value is -0.120. The Kier molecular flexibility index (Phi) is 5.72. The molecule has 124 valence electrons. The fraction of sp³-hybridized carbons (Fsp3) is 1.00. The normalized spacial score (nSPS) is 36.4. The van der Waals surface area contributed by atoms with Gasteiger partial charge in [-0.3, -0.25) is 4.90 Å². The molecule has 1 saturated carbocycles. The zero-order valence-corrected chi connectivity index (χ0v) is 14.7. The second-order valence-corrected chi connectivity index (χ2v) is 8.26. The summed E-state index contributed by atoms with van der Waals surface area (Å²) in [5, 5.41) is 0. The first-order valence-corrected chi connectivity index (χ1v) is 8.92. The average molecular weight is 296 g/mol. The third-order valence-electron chi connectivity index (χ3n) is 6.15. The number of methoxy groups -OCH3 is 1. The quantitative estimate of drug-likeness (QED) is 0.867. The smallest absolute Gasteiger partial charge is 0.0767 e. The molecule has 3 nitrogen and oxygen atoms in total. The van der Waals surface area contributed by atoms with Gasteiger partial charge in [0.15, 0.2) is 0 Å². The molecule has 1 heterocycles. The maximum atomic E-state index is 6.28. The van der Waals surface area contributed by atoms with Crippen LogP contribution < -0.4 is 5.73 Å². The second kappa shape index (κ2) is 6.97. The Morgan fingerprint density at radius 2 is 1.86 bits per heavy atom. The van der Waals surface area contributed by atoms with Gasteiger partial charge < -0.3 is 10.5 Å². The second-order valence-electron chi connectivity index (χ2n) is 8.26. The van der Waals surface area contributed by atoms with Crippen molar-refractivity contribution in [2.45, 2.75) is 77.4 Å². The van der Waals surface area contributed by atoms with Crippen molar-refractivity contribution in [3.05, 3.63) is 0 Å². The highest BCUT2D eigenvalue weighted by Gasteiger charge is 2.45. The summed E-state index contributed by atoms with van der Waals surface area (Å²) in [5.41, 5.74) is 6.81. The van der Waals surface area contributed by atoms with Gasteiger partial charge in [-0.1, -0.05) is 33.6 Å². The Morgan fingerprint density at radius 1 is 1.10 bits per heavy atom. The lowest BCUT2D eigenvalue weighted by atomic mass is 9.76. The molecule has 0 aromatic rings. The predicted octanol–water partition coefficient (Wildman–Crippen LogP) is 3.42. The monoisotopic (exact) mass is 296 g/mol. The van der Waals surface area contributed by atoms with Gasteiger partial charge in [0, 0.05) is 13.7 Å². The largest absolute Gasteiger partial charge is 0.379 e. The van der Waals surface area contributed by atoms with Crippen LogP contribution in [0.5, 0.6) is 0 Å². The zero-order chi connectivity index (χ0) is 15.5. The van der Waals surface area contributed by atoms with E-state index in [1.807, 2.05) is 7.11 Å². The highest BCUT2D eigenvalue weighted by Crippen LogP contribution is 2.39. The molecule has 2 N–H and O–H groups in total. The Balaban J connectivity index is 2.11. The molecular weight excluding hydrogens is 260 g/mol. The SMILES string of the molecule is COC1CCCCC1(CN)N1CCCC(C(C)(C)C)CC1. The van der Waals surface area contributed by atoms with E-state index < -0.39 is 0 Å². The van der Waals surface area contributed by atoms with Gasteiger partial charge in [-0.2, -0.15) is 0 Å². The molecule has 0 aromatic carbocycles. The number of hydrogen-bond donors (Lipinski definition) is 1. The summed E-state index contributed by atoms with van der Waals surface area (Å²) in [6.45, 7) is 10.3. The van der Waals surface area contributed by atoms with Crippen LogP contribution in [-0.4, -0.2) is 43.3 Å². The molecule has 0 aromatic heterocycles. The maximum Gasteiger partial charge on any atom is 0.0767 e. The van der Waals surface area contributed by atoms with Crippen LogP contribution in [0.25, 0.3) is 0 Å². The van der Waals surface area contributed by atoms with Crippen molar-refractivity contribution < 1.29 is 4.74 Å². The van der Waals surface area contributed by atoms with Gasteiger partial charge in [-0.05, 0) is 56.5 Å². The van der Waals surface area contributed by atoms with Gasteiger partial charge in [-0.25, -0.2) is 0 Å². The van der Waals surface area contributed by atoms with E-state index in [2.05, 4.69) is 25.7 Å². The average Bonchev–Trinajstić information content (AvgIpc) is 2.73. The van der Waals surface area contributed by atoms with Gasteiger partial charge >= 0.3 is 0 Å². The standard InChI is InChI=1S/C18H36N2O/c1-17(2,3)15-8-7-12-20(13-10-15)18(14-19)11-6-5-9-16(18)21-4/h15-16H,5-14,19H2,1-4H3. The maximum absolute atomic E-state index is 6.28. The first kappa shape index (κ1) is 17.2. The molecule has 2 fully saturated rings. The molecule has 1 aliphatic heterocycles. The molecule has 1 saturated heterocycles. The lowest BCUT2D eigenvalue weighted by molar-refractivity contribution is -0.0750. The van der Waals surface area contributed by atoms with Crippen LogP contribution in [0.1, 0.15) is 65.7 Å². The van der Waals surface area contributed by atoms with Crippen molar-refractivity contribution in [3.8, 4) is 0 Å². The number of likely N-dealkylation sites (tertiary alicyclic amines) is 1. The molecular formula is C18H36N2O. The summed E-state index contributed by atoms with van der Waals surface area (Å²) in [7, 11) is 1.87. The highest BCUT2D eigenvalue weighted by atomic mass is 16.5. The van der Waals surface area contributed by atoms with E-state index in [9.17, 15) is 0 Å². The minimum absolute atomic E-state index is 0.0970. The molecule has 2 rings (SSSR count). The third-order valence-corrected chi connectivity index (χ3v) is 6.15. The zero-order valence-electron chi connectivity index (χ0n) is 14.7. The van der Waals surface area contributed by atoms with E-state index in [1.165, 1.54) is 58.0 Å². The van der Waals surface area contributed by atoms with Gasteiger partial charge in [0.05, 0.1) is 11.6 Å². The first-order valence-electron chi connectivity index (χ1n) is 8.92. The van der Waals surface area contributed by atoms with Crippen molar-refractivity contribution in [2.75, 3.05) is 26.7 Å². The third kappa shape index (κ3) is 3.62. The lowest BCUT2D eigenvalue weighted by Crippen LogP contribution is -2.63. The lowest BCUT2D eigenvalue weighted by Gasteiger charge is -2.50. The summed E-state index contributed by atoms with van der Waals surface area (Å²) >= 11 is 0. The molecule has 0 spiro atoms. The molecule has 2 aliphatic rings. The van der Waals surface area contributed by atoms with Crippen molar-refractivity contribution in [1.82, 2.24) is 4.90 Å². The minimum Gasteiger partial charge on any atom is -0.379 e. The molecule has 0 radical (unpaired) electrons. The Bertz CT molecular complexity index is 326. The number of nitrogens with two attached hydrogens (primary N) is 1. The van der Waals surface area contributed by atoms with Crippen molar-refractivity contribution in [1.29, 1.82) is 0 Å². The minimum atomic E-state index is 0.0970. The molecule has 0 amide bonds. The number of rotatable bonds is 3. The van der Waals surface area contributed by atoms with Crippen LogP contribution in [0.4, 0.5) is 0 Å². The summed E-state index contributed by atoms with van der Waals surface area (Å²) in [4.78, 5) is 2.70. The molecule has 3 heteroatoms. The van der Waals surface area contributed by atoms with Crippen LogP contribution in [0.3, 0.4) is 0 Å². The van der Waals surface area contributed by atoms with E-state index in [0.717, 1.165) is 12.5 Å². The van der Waals surface area contributed by atoms with Gasteiger partial charge in [0.1, 0.15) is 0 Å². The predicted molar refractivity (Wildman–Crippen MR) is 89.4 cm³/mol. The van der Waals surface area contributed by atoms with E-state index >= 15 is 0 Å². The van der Waals surface area contributed by atoms with Crippen LogP contribution >= 0.6 is 0 Å². The van der Waals surface area contributed by atoms with Gasteiger partial charge in [0.25, 0.3) is 0 Å². The van der Waals surface area contributed by atoms with E-state index in [0.29, 0.717) is 11.5 Å². The molecule has 1 aliphatic carbocycles. The summed E-state index contributed by atoms with van der Waals surface area (Å²) in [6, 6.07) is 0. The fourth-order valence-corrected chi connectivity index (χ4v) is 4.66. The van der Waals surface area contributed by atoms with Crippen molar-refractivity contribution in [3.63, 3.8) is 0 Å². The molecule has 3 unspecified atom stereocenters. The molecule has 3 atom stereocenters. The number of ether oxygens (including phenoxy) is 1. The summed E-state index contributed by atoms with van der Waals surface area (Å²) in [6.07, 6.45) is 9.27.